The molecule has 0 unspecified atom stereocenters. The largest absolute Gasteiger partial charge is 0.508 e. The Balaban J connectivity index is 3.28. The number of hydrogen-bond donors (Lipinski definition) is 2. The second-order valence-corrected chi connectivity index (χ2v) is 2.57. The molecule has 0 heterocycles. The second kappa shape index (κ2) is 2.39. The molecule has 1 aromatic rings. The standard InChI is InChI=1S/C7H8ClNO/c1-4-2-6(9)5(8)3-7(4)10/h2-3,10H,9H2,1H3. The van der Waals surface area contributed by atoms with Crippen LogP contribution in [-0.4, -0.2) is 5.11 Å². The zero-order valence-electron chi connectivity index (χ0n) is 5.56. The van der Waals surface area contributed by atoms with Crippen LogP contribution in [0.25, 0.3) is 0 Å². The summed E-state index contributed by atoms with van der Waals surface area (Å²) in [5.74, 6) is 0.180. The summed E-state index contributed by atoms with van der Waals surface area (Å²) in [6.07, 6.45) is 0. The molecule has 0 spiro atoms. The third kappa shape index (κ3) is 1.16. The number of aryl methyl sites for hydroxylation is 1. The third-order valence-electron chi connectivity index (χ3n) is 1.32. The van der Waals surface area contributed by atoms with Gasteiger partial charge in [0.15, 0.2) is 0 Å². The van der Waals surface area contributed by atoms with Gasteiger partial charge in [-0.25, -0.2) is 0 Å². The minimum Gasteiger partial charge on any atom is -0.508 e. The topological polar surface area (TPSA) is 46.2 Å². The fraction of sp³-hybridized carbons (Fsp3) is 0.143. The Labute approximate surface area is 64.2 Å². The van der Waals surface area contributed by atoms with Crippen LogP contribution < -0.4 is 5.73 Å². The van der Waals surface area contributed by atoms with Crippen molar-refractivity contribution in [2.45, 2.75) is 6.92 Å². The van der Waals surface area contributed by atoms with Crippen LogP contribution in [0, 0.1) is 6.92 Å². The summed E-state index contributed by atoms with van der Waals surface area (Å²) in [4.78, 5) is 0. The van der Waals surface area contributed by atoms with E-state index in [1.807, 2.05) is 0 Å². The number of benzene rings is 1. The summed E-state index contributed by atoms with van der Waals surface area (Å²) in [7, 11) is 0. The number of rotatable bonds is 0. The van der Waals surface area contributed by atoms with Crippen molar-refractivity contribution in [3.05, 3.63) is 22.7 Å². The first-order valence-corrected chi connectivity index (χ1v) is 3.23. The highest BCUT2D eigenvalue weighted by molar-refractivity contribution is 6.33. The number of nitrogen functional groups attached to an aromatic ring is 1. The number of aromatic hydroxyl groups is 1. The predicted octanol–water partition coefficient (Wildman–Crippen LogP) is 1.94. The van der Waals surface area contributed by atoms with Gasteiger partial charge in [-0.05, 0) is 18.6 Å². The van der Waals surface area contributed by atoms with Crippen LogP contribution in [0.4, 0.5) is 5.69 Å². The molecule has 54 valence electrons. The third-order valence-corrected chi connectivity index (χ3v) is 1.64. The molecule has 0 aliphatic heterocycles. The average molecular weight is 158 g/mol. The summed E-state index contributed by atoms with van der Waals surface area (Å²) >= 11 is 5.60. The van der Waals surface area contributed by atoms with Crippen molar-refractivity contribution in [1.82, 2.24) is 0 Å². The fourth-order valence-corrected chi connectivity index (χ4v) is 0.851. The minimum absolute atomic E-state index is 0.180. The summed E-state index contributed by atoms with van der Waals surface area (Å²) in [6.45, 7) is 1.77. The summed E-state index contributed by atoms with van der Waals surface area (Å²) < 4.78 is 0. The van der Waals surface area contributed by atoms with E-state index in [9.17, 15) is 0 Å². The molecule has 3 N–H and O–H groups in total. The lowest BCUT2D eigenvalue weighted by Gasteiger charge is -2.01. The quantitative estimate of drug-likeness (QED) is 0.447. The Kier molecular flexibility index (Phi) is 1.72. The SMILES string of the molecule is Cc1cc(N)c(Cl)cc1O. The van der Waals surface area contributed by atoms with Crippen LogP contribution in [0.3, 0.4) is 0 Å². The highest BCUT2D eigenvalue weighted by Crippen LogP contribution is 2.26. The molecule has 0 radical (unpaired) electrons. The normalized spacial score (nSPS) is 9.80. The zero-order chi connectivity index (χ0) is 7.72. The van der Waals surface area contributed by atoms with E-state index in [1.165, 1.54) is 6.07 Å². The van der Waals surface area contributed by atoms with E-state index >= 15 is 0 Å². The van der Waals surface area contributed by atoms with Gasteiger partial charge >= 0.3 is 0 Å². The van der Waals surface area contributed by atoms with Crippen LogP contribution in [0.15, 0.2) is 12.1 Å². The molecule has 1 aromatic carbocycles. The number of nitrogens with two attached hydrogens (primary N) is 1. The summed E-state index contributed by atoms with van der Waals surface area (Å²) in [5, 5.41) is 9.48. The summed E-state index contributed by atoms with van der Waals surface area (Å²) in [5.41, 5.74) is 6.68. The maximum Gasteiger partial charge on any atom is 0.120 e. The van der Waals surface area contributed by atoms with Crippen molar-refractivity contribution in [2.24, 2.45) is 0 Å². The monoisotopic (exact) mass is 157 g/mol. The molecule has 2 nitrogen and oxygen atoms in total. The molecule has 0 aliphatic rings. The molecule has 0 saturated carbocycles. The number of halogens is 1. The first-order valence-electron chi connectivity index (χ1n) is 2.86. The van der Waals surface area contributed by atoms with E-state index in [0.717, 1.165) is 5.56 Å². The first-order chi connectivity index (χ1) is 4.61. The van der Waals surface area contributed by atoms with Crippen LogP contribution >= 0.6 is 11.6 Å². The Morgan fingerprint density at radius 3 is 2.60 bits per heavy atom. The zero-order valence-corrected chi connectivity index (χ0v) is 6.31. The van der Waals surface area contributed by atoms with E-state index in [2.05, 4.69) is 0 Å². The van der Waals surface area contributed by atoms with Crippen LogP contribution in [0.5, 0.6) is 5.75 Å². The first kappa shape index (κ1) is 7.22. The highest BCUT2D eigenvalue weighted by Gasteiger charge is 1.99. The maximum atomic E-state index is 9.08. The van der Waals surface area contributed by atoms with Crippen molar-refractivity contribution in [1.29, 1.82) is 0 Å². The van der Waals surface area contributed by atoms with E-state index in [4.69, 9.17) is 22.4 Å². The van der Waals surface area contributed by atoms with Crippen molar-refractivity contribution < 1.29 is 5.11 Å². The Morgan fingerprint density at radius 1 is 1.50 bits per heavy atom. The predicted molar refractivity (Wildman–Crippen MR) is 42.3 cm³/mol. The molecular weight excluding hydrogens is 150 g/mol. The van der Waals surface area contributed by atoms with E-state index in [-0.39, 0.29) is 5.75 Å². The smallest absolute Gasteiger partial charge is 0.120 e. The number of phenolic OH excluding ortho intramolecular Hbond substituents is 1. The van der Waals surface area contributed by atoms with E-state index in [0.29, 0.717) is 10.7 Å². The second-order valence-electron chi connectivity index (χ2n) is 2.16. The highest BCUT2D eigenvalue weighted by atomic mass is 35.5. The molecule has 0 fully saturated rings. The lowest BCUT2D eigenvalue weighted by Crippen LogP contribution is -1.86. The van der Waals surface area contributed by atoms with Gasteiger partial charge in [-0.1, -0.05) is 11.6 Å². The average Bonchev–Trinajstić information content (AvgIpc) is 1.84. The van der Waals surface area contributed by atoms with Crippen molar-refractivity contribution in [3.8, 4) is 5.75 Å². The summed E-state index contributed by atoms with van der Waals surface area (Å²) in [6, 6.07) is 3.07. The molecular formula is C7H8ClNO. The van der Waals surface area contributed by atoms with Gasteiger partial charge in [0.2, 0.25) is 0 Å². The van der Waals surface area contributed by atoms with Gasteiger partial charge in [0.05, 0.1) is 10.7 Å². The van der Waals surface area contributed by atoms with Gasteiger partial charge < -0.3 is 10.8 Å². The van der Waals surface area contributed by atoms with Gasteiger partial charge in [-0.2, -0.15) is 0 Å². The van der Waals surface area contributed by atoms with Gasteiger partial charge in [-0.15, -0.1) is 0 Å². The van der Waals surface area contributed by atoms with E-state index < -0.39 is 0 Å². The van der Waals surface area contributed by atoms with Gasteiger partial charge in [-0.3, -0.25) is 0 Å². The lowest BCUT2D eigenvalue weighted by atomic mass is 10.2. The lowest BCUT2D eigenvalue weighted by molar-refractivity contribution is 0.471. The Morgan fingerprint density at radius 2 is 2.10 bits per heavy atom. The minimum atomic E-state index is 0.180. The molecule has 0 amide bonds. The number of phenols is 1. The van der Waals surface area contributed by atoms with Gasteiger partial charge in [0.25, 0.3) is 0 Å². The van der Waals surface area contributed by atoms with Crippen LogP contribution in [0.1, 0.15) is 5.56 Å². The molecule has 10 heavy (non-hydrogen) atoms. The fourth-order valence-electron chi connectivity index (χ4n) is 0.693. The van der Waals surface area contributed by atoms with E-state index in [1.54, 1.807) is 13.0 Å². The van der Waals surface area contributed by atoms with Gasteiger partial charge in [0.1, 0.15) is 5.75 Å². The van der Waals surface area contributed by atoms with Crippen molar-refractivity contribution in [3.63, 3.8) is 0 Å². The Hall–Kier alpha value is -0.890. The molecule has 0 aliphatic carbocycles. The molecule has 1 rings (SSSR count). The molecule has 0 bridgehead atoms. The van der Waals surface area contributed by atoms with Crippen molar-refractivity contribution >= 4 is 17.3 Å². The van der Waals surface area contributed by atoms with Crippen LogP contribution in [0.2, 0.25) is 5.02 Å². The maximum absolute atomic E-state index is 9.08. The van der Waals surface area contributed by atoms with Crippen LogP contribution in [-0.2, 0) is 0 Å². The molecule has 3 heteroatoms. The number of anilines is 1. The molecule has 0 saturated heterocycles. The Bertz CT molecular complexity index is 210. The van der Waals surface area contributed by atoms with Crippen molar-refractivity contribution in [2.75, 3.05) is 5.73 Å². The molecule has 0 atom stereocenters. The molecule has 0 aromatic heterocycles. The van der Waals surface area contributed by atoms with Gasteiger partial charge in [0, 0.05) is 6.07 Å². The number of hydrogen-bond acceptors (Lipinski definition) is 2.